The topological polar surface area (TPSA) is 34.1 Å². The van der Waals surface area contributed by atoms with Crippen LogP contribution in [0.4, 0.5) is 0 Å². The molecule has 0 unspecified atom stereocenters. The van der Waals surface area contributed by atoms with Gasteiger partial charge in [-0.2, -0.15) is 0 Å². The molecule has 13 heavy (non-hydrogen) atoms. The molecule has 1 aromatic carbocycles. The number of rotatable bonds is 0. The molecule has 0 aliphatic rings. The Labute approximate surface area is 82.5 Å². The van der Waals surface area contributed by atoms with Crippen LogP contribution in [0.2, 0.25) is 5.02 Å². The standard InChI is InChI=1S/C9H7ClO2S/c1-13(11,12)7-6-8-4-2-3-5-9(8)10/h2-5H,1H3. The van der Waals surface area contributed by atoms with E-state index in [1.165, 1.54) is 0 Å². The molecule has 0 fully saturated rings. The third kappa shape index (κ3) is 3.49. The molecular formula is C9H7ClO2S. The zero-order chi connectivity index (χ0) is 9.90. The van der Waals surface area contributed by atoms with Crippen molar-refractivity contribution >= 4 is 21.4 Å². The lowest BCUT2D eigenvalue weighted by atomic mass is 10.2. The minimum Gasteiger partial charge on any atom is -0.216 e. The summed E-state index contributed by atoms with van der Waals surface area (Å²) in [6.07, 6.45) is 1.05. The van der Waals surface area contributed by atoms with Crippen molar-refractivity contribution in [1.29, 1.82) is 0 Å². The first kappa shape index (κ1) is 10.1. The first-order valence-corrected chi connectivity index (χ1v) is 5.73. The van der Waals surface area contributed by atoms with Crippen molar-refractivity contribution in [3.63, 3.8) is 0 Å². The second-order valence-corrected chi connectivity index (χ2v) is 4.63. The van der Waals surface area contributed by atoms with E-state index in [-0.39, 0.29) is 0 Å². The number of hydrogen-bond acceptors (Lipinski definition) is 2. The predicted molar refractivity (Wildman–Crippen MR) is 53.2 cm³/mol. The quantitative estimate of drug-likeness (QED) is 0.616. The number of halogens is 1. The Hall–Kier alpha value is -0.980. The van der Waals surface area contributed by atoms with E-state index in [1.54, 1.807) is 24.3 Å². The second-order valence-electron chi connectivity index (χ2n) is 2.48. The first-order chi connectivity index (χ1) is 5.99. The summed E-state index contributed by atoms with van der Waals surface area (Å²) in [6, 6.07) is 6.83. The fourth-order valence-electron chi connectivity index (χ4n) is 0.710. The smallest absolute Gasteiger partial charge is 0.214 e. The van der Waals surface area contributed by atoms with Crippen LogP contribution in [0, 0.1) is 11.2 Å². The lowest BCUT2D eigenvalue weighted by Crippen LogP contribution is -1.89. The Balaban J connectivity index is 3.11. The Morgan fingerprint density at radius 1 is 1.31 bits per heavy atom. The van der Waals surface area contributed by atoms with Crippen molar-refractivity contribution in [2.75, 3.05) is 6.26 Å². The van der Waals surface area contributed by atoms with Gasteiger partial charge in [-0.3, -0.25) is 0 Å². The molecule has 0 atom stereocenters. The van der Waals surface area contributed by atoms with Crippen LogP contribution in [-0.4, -0.2) is 14.7 Å². The van der Waals surface area contributed by atoms with Gasteiger partial charge < -0.3 is 0 Å². The maximum Gasteiger partial charge on any atom is 0.214 e. The fourth-order valence-corrected chi connectivity index (χ4v) is 1.19. The van der Waals surface area contributed by atoms with Gasteiger partial charge in [0.05, 0.1) is 11.3 Å². The van der Waals surface area contributed by atoms with Crippen LogP contribution in [0.1, 0.15) is 5.56 Å². The second kappa shape index (κ2) is 3.82. The van der Waals surface area contributed by atoms with E-state index in [9.17, 15) is 8.42 Å². The summed E-state index contributed by atoms with van der Waals surface area (Å²) in [7, 11) is -3.26. The van der Waals surface area contributed by atoms with E-state index in [0.29, 0.717) is 10.6 Å². The average molecular weight is 215 g/mol. The fraction of sp³-hybridized carbons (Fsp3) is 0.111. The maximum atomic E-state index is 10.7. The van der Waals surface area contributed by atoms with Gasteiger partial charge in [0.25, 0.3) is 0 Å². The molecule has 2 nitrogen and oxygen atoms in total. The highest BCUT2D eigenvalue weighted by Gasteiger charge is 1.95. The Morgan fingerprint density at radius 3 is 2.46 bits per heavy atom. The van der Waals surface area contributed by atoms with Gasteiger partial charge in [-0.25, -0.2) is 8.42 Å². The minimum atomic E-state index is -3.26. The summed E-state index contributed by atoms with van der Waals surface area (Å²) < 4.78 is 21.4. The van der Waals surface area contributed by atoms with E-state index in [4.69, 9.17) is 11.6 Å². The molecule has 0 spiro atoms. The summed E-state index contributed by atoms with van der Waals surface area (Å²) in [6.45, 7) is 0. The van der Waals surface area contributed by atoms with Crippen molar-refractivity contribution in [2.45, 2.75) is 0 Å². The van der Waals surface area contributed by atoms with Gasteiger partial charge in [0.15, 0.2) is 0 Å². The molecule has 4 heteroatoms. The van der Waals surface area contributed by atoms with Gasteiger partial charge in [-0.1, -0.05) is 23.7 Å². The Morgan fingerprint density at radius 2 is 1.92 bits per heavy atom. The molecule has 0 saturated heterocycles. The van der Waals surface area contributed by atoms with Crippen molar-refractivity contribution in [3.05, 3.63) is 34.9 Å². The van der Waals surface area contributed by atoms with E-state index in [0.717, 1.165) is 6.26 Å². The van der Waals surface area contributed by atoms with Crippen LogP contribution < -0.4 is 0 Å². The van der Waals surface area contributed by atoms with E-state index >= 15 is 0 Å². The highest BCUT2D eigenvalue weighted by atomic mass is 35.5. The van der Waals surface area contributed by atoms with Gasteiger partial charge in [0, 0.05) is 10.8 Å². The molecule has 68 valence electrons. The zero-order valence-corrected chi connectivity index (χ0v) is 8.48. The molecule has 0 N–H and O–H groups in total. The third-order valence-electron chi connectivity index (χ3n) is 1.24. The molecule has 0 amide bonds. The van der Waals surface area contributed by atoms with Crippen LogP contribution in [0.15, 0.2) is 24.3 Å². The monoisotopic (exact) mass is 214 g/mol. The minimum absolute atomic E-state index is 0.457. The Bertz CT molecular complexity index is 466. The summed E-state index contributed by atoms with van der Waals surface area (Å²) in [5.41, 5.74) is 0.523. The van der Waals surface area contributed by atoms with Gasteiger partial charge in [0.2, 0.25) is 9.84 Å². The van der Waals surface area contributed by atoms with Crippen molar-refractivity contribution in [3.8, 4) is 11.2 Å². The van der Waals surface area contributed by atoms with E-state index in [1.807, 2.05) is 0 Å². The van der Waals surface area contributed by atoms with Crippen LogP contribution in [-0.2, 0) is 9.84 Å². The van der Waals surface area contributed by atoms with Crippen molar-refractivity contribution in [1.82, 2.24) is 0 Å². The molecule has 0 saturated carbocycles. The van der Waals surface area contributed by atoms with Gasteiger partial charge in [0.1, 0.15) is 0 Å². The van der Waals surface area contributed by atoms with Crippen molar-refractivity contribution < 1.29 is 8.42 Å². The summed E-state index contributed by atoms with van der Waals surface area (Å²) in [5, 5.41) is 2.57. The number of benzene rings is 1. The Kier molecular flexibility index (Phi) is 2.97. The molecule has 0 aliphatic heterocycles. The zero-order valence-electron chi connectivity index (χ0n) is 6.91. The van der Waals surface area contributed by atoms with E-state index in [2.05, 4.69) is 11.2 Å². The molecular weight excluding hydrogens is 208 g/mol. The normalized spacial score (nSPS) is 10.3. The first-order valence-electron chi connectivity index (χ1n) is 3.46. The van der Waals surface area contributed by atoms with Gasteiger partial charge >= 0.3 is 0 Å². The van der Waals surface area contributed by atoms with Crippen LogP contribution in [0.25, 0.3) is 0 Å². The predicted octanol–water partition coefficient (Wildman–Crippen LogP) is 1.69. The highest BCUT2D eigenvalue weighted by molar-refractivity contribution is 7.95. The lowest BCUT2D eigenvalue weighted by Gasteiger charge is -1.91. The summed E-state index contributed by atoms with van der Waals surface area (Å²) in [4.78, 5) is 0. The van der Waals surface area contributed by atoms with Gasteiger partial charge in [-0.05, 0) is 18.1 Å². The van der Waals surface area contributed by atoms with Crippen LogP contribution in [0.5, 0.6) is 0 Å². The molecule has 0 bridgehead atoms. The molecule has 1 aromatic rings. The largest absolute Gasteiger partial charge is 0.216 e. The molecule has 0 heterocycles. The molecule has 1 rings (SSSR count). The van der Waals surface area contributed by atoms with Crippen LogP contribution in [0.3, 0.4) is 0 Å². The highest BCUT2D eigenvalue weighted by Crippen LogP contribution is 2.12. The number of hydrogen-bond donors (Lipinski definition) is 0. The number of sulfone groups is 1. The maximum absolute atomic E-state index is 10.7. The van der Waals surface area contributed by atoms with E-state index < -0.39 is 9.84 Å². The molecule has 0 aromatic heterocycles. The third-order valence-corrected chi connectivity index (χ3v) is 2.05. The van der Waals surface area contributed by atoms with Gasteiger partial charge in [-0.15, -0.1) is 0 Å². The summed E-state index contributed by atoms with van der Waals surface area (Å²) in [5.74, 6) is 2.48. The average Bonchev–Trinajstić information content (AvgIpc) is 2.01. The summed E-state index contributed by atoms with van der Waals surface area (Å²) >= 11 is 5.76. The lowest BCUT2D eigenvalue weighted by molar-refractivity contribution is 0.611. The van der Waals surface area contributed by atoms with Crippen molar-refractivity contribution in [2.24, 2.45) is 0 Å². The molecule has 0 radical (unpaired) electrons. The SMILES string of the molecule is CS(=O)(=O)C#Cc1ccccc1Cl. The van der Waals surface area contributed by atoms with Crippen LogP contribution >= 0.6 is 11.6 Å². The molecule has 0 aliphatic carbocycles.